The zero-order chi connectivity index (χ0) is 15.3. The molecule has 7 nitrogen and oxygen atoms in total. The summed E-state index contributed by atoms with van der Waals surface area (Å²) in [5, 5.41) is 16.0. The minimum atomic E-state index is -0.900. The molecule has 0 bridgehead atoms. The number of aromatic amines is 1. The minimum absolute atomic E-state index is 0.0625. The van der Waals surface area contributed by atoms with Gasteiger partial charge in [-0.25, -0.2) is 4.98 Å². The van der Waals surface area contributed by atoms with Crippen molar-refractivity contribution in [3.63, 3.8) is 0 Å². The maximum Gasteiger partial charge on any atom is 0.310 e. The van der Waals surface area contributed by atoms with Gasteiger partial charge in [0.1, 0.15) is 12.2 Å². The molecular formula is C14H22N4O3. The topological polar surface area (TPSA) is 99.2 Å². The third-order valence-corrected chi connectivity index (χ3v) is 4.28. The first-order chi connectivity index (χ1) is 10.0. The number of nitrogens with zero attached hydrogens (tertiary/aromatic N) is 3. The summed E-state index contributed by atoms with van der Waals surface area (Å²) in [6, 6.07) is 0. The fourth-order valence-electron chi connectivity index (χ4n) is 2.92. The van der Waals surface area contributed by atoms with Crippen LogP contribution in [0.4, 0.5) is 0 Å². The lowest BCUT2D eigenvalue weighted by Gasteiger charge is -2.29. The largest absolute Gasteiger partial charge is 0.481 e. The third-order valence-electron chi connectivity index (χ3n) is 4.28. The molecule has 1 heterocycles. The van der Waals surface area contributed by atoms with Gasteiger partial charge in [-0.15, -0.1) is 0 Å². The Morgan fingerprint density at radius 3 is 2.52 bits per heavy atom. The van der Waals surface area contributed by atoms with Gasteiger partial charge in [-0.3, -0.25) is 14.7 Å². The normalized spacial score (nSPS) is 18.0. The number of rotatable bonds is 5. The number of carboxylic acid groups (broad SMARTS) is 1. The summed E-state index contributed by atoms with van der Waals surface area (Å²) in [6.07, 6.45) is 6.49. The molecule has 2 rings (SSSR count). The Labute approximate surface area is 123 Å². The molecule has 0 unspecified atom stereocenters. The van der Waals surface area contributed by atoms with Gasteiger partial charge >= 0.3 is 5.97 Å². The van der Waals surface area contributed by atoms with Crippen LogP contribution in [0, 0.1) is 5.41 Å². The van der Waals surface area contributed by atoms with Crippen molar-refractivity contribution < 1.29 is 14.7 Å². The van der Waals surface area contributed by atoms with Crippen LogP contribution in [0.25, 0.3) is 0 Å². The number of aliphatic carboxylic acids is 1. The van der Waals surface area contributed by atoms with Gasteiger partial charge in [0.2, 0.25) is 5.91 Å². The Hall–Kier alpha value is -1.92. The molecule has 2 N–H and O–H groups in total. The molecule has 116 valence electrons. The predicted molar refractivity (Wildman–Crippen MR) is 75.2 cm³/mol. The Morgan fingerprint density at radius 2 is 2.00 bits per heavy atom. The van der Waals surface area contributed by atoms with Crippen molar-refractivity contribution in [2.45, 2.75) is 51.5 Å². The van der Waals surface area contributed by atoms with E-state index in [0.29, 0.717) is 25.2 Å². The first-order valence-corrected chi connectivity index (χ1v) is 7.35. The van der Waals surface area contributed by atoms with Crippen molar-refractivity contribution in [2.75, 3.05) is 7.05 Å². The first kappa shape index (κ1) is 15.5. The average Bonchev–Trinajstić information content (AvgIpc) is 2.83. The molecule has 1 saturated carbocycles. The Bertz CT molecular complexity index is 478. The van der Waals surface area contributed by atoms with Crippen LogP contribution < -0.4 is 0 Å². The van der Waals surface area contributed by atoms with Crippen molar-refractivity contribution >= 4 is 11.9 Å². The van der Waals surface area contributed by atoms with E-state index in [2.05, 4.69) is 15.2 Å². The smallest absolute Gasteiger partial charge is 0.310 e. The number of nitrogens with one attached hydrogen (secondary N) is 1. The highest BCUT2D eigenvalue weighted by Crippen LogP contribution is 2.38. The van der Waals surface area contributed by atoms with E-state index in [4.69, 9.17) is 0 Å². The van der Waals surface area contributed by atoms with Gasteiger partial charge in [-0.2, -0.15) is 5.10 Å². The lowest BCUT2D eigenvalue weighted by Crippen LogP contribution is -2.38. The summed E-state index contributed by atoms with van der Waals surface area (Å²) >= 11 is 0. The second-order valence-electron chi connectivity index (χ2n) is 5.86. The molecule has 1 aromatic rings. The molecule has 0 radical (unpaired) electrons. The van der Waals surface area contributed by atoms with Crippen LogP contribution in [0.3, 0.4) is 0 Å². The number of amides is 1. The molecule has 1 aromatic heterocycles. The van der Waals surface area contributed by atoms with E-state index in [1.54, 1.807) is 7.05 Å². The molecule has 0 aromatic carbocycles. The van der Waals surface area contributed by atoms with Gasteiger partial charge < -0.3 is 10.0 Å². The van der Waals surface area contributed by atoms with E-state index >= 15 is 0 Å². The molecule has 0 atom stereocenters. The summed E-state index contributed by atoms with van der Waals surface area (Å²) < 4.78 is 0. The van der Waals surface area contributed by atoms with Crippen molar-refractivity contribution in [3.8, 4) is 0 Å². The summed E-state index contributed by atoms with van der Waals surface area (Å²) in [5.41, 5.74) is -0.900. The number of carboxylic acids is 1. The van der Waals surface area contributed by atoms with Crippen LogP contribution >= 0.6 is 0 Å². The third kappa shape index (κ3) is 3.80. The van der Waals surface area contributed by atoms with Crippen LogP contribution in [-0.4, -0.2) is 44.1 Å². The zero-order valence-electron chi connectivity index (χ0n) is 12.3. The monoisotopic (exact) mass is 294 g/mol. The van der Waals surface area contributed by atoms with Crippen molar-refractivity contribution in [1.82, 2.24) is 20.1 Å². The summed E-state index contributed by atoms with van der Waals surface area (Å²) in [4.78, 5) is 29.6. The molecule has 1 aliphatic rings. The number of hydrogen-bond donors (Lipinski definition) is 2. The molecule has 1 aliphatic carbocycles. The van der Waals surface area contributed by atoms with Crippen LogP contribution in [0.15, 0.2) is 6.33 Å². The number of aromatic nitrogens is 3. The second kappa shape index (κ2) is 6.69. The maximum absolute atomic E-state index is 12.4. The molecule has 0 aliphatic heterocycles. The fourth-order valence-corrected chi connectivity index (χ4v) is 2.92. The molecular weight excluding hydrogens is 272 g/mol. The summed E-state index contributed by atoms with van der Waals surface area (Å²) in [6.45, 7) is 0.314. The van der Waals surface area contributed by atoms with Crippen LogP contribution in [0.5, 0.6) is 0 Å². The van der Waals surface area contributed by atoms with Crippen LogP contribution in [0.1, 0.15) is 50.8 Å². The lowest BCUT2D eigenvalue weighted by atomic mass is 9.77. The molecule has 7 heteroatoms. The average molecular weight is 294 g/mol. The first-order valence-electron chi connectivity index (χ1n) is 7.35. The molecule has 0 saturated heterocycles. The lowest BCUT2D eigenvalue weighted by molar-refractivity contribution is -0.154. The summed E-state index contributed by atoms with van der Waals surface area (Å²) in [7, 11) is 1.66. The molecule has 0 spiro atoms. The standard InChI is InChI=1S/C14H22N4O3/c1-18(9-11-15-10-16-17-11)12(19)8-14(13(20)21)6-4-2-3-5-7-14/h10H,2-9H2,1H3,(H,20,21)(H,15,16,17). The van der Waals surface area contributed by atoms with Crippen LogP contribution in [-0.2, 0) is 16.1 Å². The number of H-pyrrole nitrogens is 1. The maximum atomic E-state index is 12.4. The Balaban J connectivity index is 2.02. The quantitative estimate of drug-likeness (QED) is 0.803. The van der Waals surface area contributed by atoms with Gasteiger partial charge in [0.05, 0.1) is 12.0 Å². The van der Waals surface area contributed by atoms with E-state index in [9.17, 15) is 14.7 Å². The Morgan fingerprint density at radius 1 is 1.33 bits per heavy atom. The SMILES string of the molecule is CN(Cc1ncn[nH]1)C(=O)CC1(C(=O)O)CCCCCC1. The van der Waals surface area contributed by atoms with E-state index in [1.165, 1.54) is 11.2 Å². The van der Waals surface area contributed by atoms with Crippen molar-refractivity contribution in [1.29, 1.82) is 0 Å². The van der Waals surface area contributed by atoms with Crippen molar-refractivity contribution in [2.24, 2.45) is 5.41 Å². The highest BCUT2D eigenvalue weighted by atomic mass is 16.4. The van der Waals surface area contributed by atoms with Gasteiger partial charge in [-0.05, 0) is 12.8 Å². The zero-order valence-corrected chi connectivity index (χ0v) is 12.3. The number of carbonyl (C=O) groups is 2. The van der Waals surface area contributed by atoms with Gasteiger partial charge in [0.15, 0.2) is 0 Å². The van der Waals surface area contributed by atoms with Gasteiger partial charge in [0.25, 0.3) is 0 Å². The fraction of sp³-hybridized carbons (Fsp3) is 0.714. The van der Waals surface area contributed by atoms with E-state index in [1.807, 2.05) is 0 Å². The number of carbonyl (C=O) groups excluding carboxylic acids is 1. The van der Waals surface area contributed by atoms with Gasteiger partial charge in [-0.1, -0.05) is 25.7 Å². The van der Waals surface area contributed by atoms with E-state index in [0.717, 1.165) is 25.7 Å². The number of hydrogen-bond acceptors (Lipinski definition) is 4. The van der Waals surface area contributed by atoms with E-state index < -0.39 is 11.4 Å². The van der Waals surface area contributed by atoms with Crippen LogP contribution in [0.2, 0.25) is 0 Å². The highest BCUT2D eigenvalue weighted by molar-refractivity contribution is 5.84. The van der Waals surface area contributed by atoms with Gasteiger partial charge in [0, 0.05) is 13.5 Å². The summed E-state index contributed by atoms with van der Waals surface area (Å²) in [5.74, 6) is -0.405. The van der Waals surface area contributed by atoms with E-state index in [-0.39, 0.29) is 12.3 Å². The molecule has 21 heavy (non-hydrogen) atoms. The minimum Gasteiger partial charge on any atom is -0.481 e. The second-order valence-corrected chi connectivity index (χ2v) is 5.86. The predicted octanol–water partition coefficient (Wildman–Crippen LogP) is 1.58. The molecule has 1 fully saturated rings. The molecule has 1 amide bonds. The highest BCUT2D eigenvalue weighted by Gasteiger charge is 2.41. The van der Waals surface area contributed by atoms with Crippen molar-refractivity contribution in [3.05, 3.63) is 12.2 Å². The Kier molecular flexibility index (Phi) is 4.93.